The van der Waals surface area contributed by atoms with Crippen LogP contribution >= 0.6 is 0 Å². The Morgan fingerprint density at radius 2 is 1.94 bits per heavy atom. The number of nitrogens with two attached hydrogens (primary N) is 1. The fourth-order valence-electron chi connectivity index (χ4n) is 4.05. The number of anilines is 2. The Kier molecular flexibility index (Phi) is 5.87. The van der Waals surface area contributed by atoms with Crippen LogP contribution in [0.2, 0.25) is 0 Å². The van der Waals surface area contributed by atoms with E-state index >= 15 is 0 Å². The second-order valence-corrected chi connectivity index (χ2v) is 8.16. The molecule has 0 bridgehead atoms. The normalized spacial score (nSPS) is 17.0. The second kappa shape index (κ2) is 8.59. The highest BCUT2D eigenvalue weighted by atomic mass is 16.6. The van der Waals surface area contributed by atoms with Crippen LogP contribution in [0.3, 0.4) is 0 Å². The summed E-state index contributed by atoms with van der Waals surface area (Å²) < 4.78 is 17.2. The molecule has 1 fully saturated rings. The zero-order valence-corrected chi connectivity index (χ0v) is 18.8. The van der Waals surface area contributed by atoms with Crippen LogP contribution in [0.5, 0.6) is 11.5 Å². The van der Waals surface area contributed by atoms with Crippen molar-refractivity contribution in [3.8, 4) is 11.5 Å². The van der Waals surface area contributed by atoms with Crippen LogP contribution in [0.15, 0.2) is 24.3 Å². The van der Waals surface area contributed by atoms with Crippen molar-refractivity contribution in [1.29, 1.82) is 0 Å². The molecule has 7 heteroatoms. The topological polar surface area (TPSA) is 91.5 Å². The van der Waals surface area contributed by atoms with E-state index in [0.717, 1.165) is 34.4 Å². The molecule has 0 amide bonds. The quantitative estimate of drug-likeness (QED) is 0.566. The van der Waals surface area contributed by atoms with Gasteiger partial charge in [-0.2, -0.15) is 0 Å². The third-order valence-corrected chi connectivity index (χ3v) is 5.82. The first kappa shape index (κ1) is 21.2. The zero-order chi connectivity index (χ0) is 22.1. The number of aromatic nitrogens is 2. The van der Waals surface area contributed by atoms with E-state index in [9.17, 15) is 0 Å². The van der Waals surface area contributed by atoms with Gasteiger partial charge in [-0.15, -0.1) is 0 Å². The van der Waals surface area contributed by atoms with E-state index < -0.39 is 0 Å². The molecule has 0 saturated carbocycles. The molecule has 3 aromatic rings. The molecule has 31 heavy (non-hydrogen) atoms. The van der Waals surface area contributed by atoms with E-state index in [-0.39, 0.29) is 12.1 Å². The van der Waals surface area contributed by atoms with Gasteiger partial charge in [-0.1, -0.05) is 0 Å². The predicted molar refractivity (Wildman–Crippen MR) is 123 cm³/mol. The number of hydrogen-bond acceptors (Lipinski definition) is 7. The van der Waals surface area contributed by atoms with Crippen molar-refractivity contribution >= 4 is 22.4 Å². The summed E-state index contributed by atoms with van der Waals surface area (Å²) in [7, 11) is 1.64. The summed E-state index contributed by atoms with van der Waals surface area (Å²) in [5, 5.41) is 4.45. The summed E-state index contributed by atoms with van der Waals surface area (Å²) in [5.74, 6) is 2.76. The molecule has 2 heterocycles. The summed E-state index contributed by atoms with van der Waals surface area (Å²) in [6, 6.07) is 7.89. The zero-order valence-electron chi connectivity index (χ0n) is 18.8. The van der Waals surface area contributed by atoms with Gasteiger partial charge in [0.25, 0.3) is 0 Å². The Balaban J connectivity index is 1.74. The Morgan fingerprint density at radius 1 is 1.13 bits per heavy atom. The standard InChI is InChI=1S/C24H30N4O3/c1-13-8-17(25)9-19(14(13)2)15(3)26-24-20-10-23(31-18-6-7-30-12-18)22(29-5)11-21(20)27-16(4)28-24/h8-11,15,18H,6-7,12,25H2,1-5H3,(H,26,27,28)/t15-,18+/m1/s1. The molecule has 1 aliphatic heterocycles. The molecule has 1 saturated heterocycles. The van der Waals surface area contributed by atoms with Gasteiger partial charge >= 0.3 is 0 Å². The fourth-order valence-corrected chi connectivity index (χ4v) is 4.05. The molecular formula is C24H30N4O3. The van der Waals surface area contributed by atoms with Gasteiger partial charge in [-0.05, 0) is 62.6 Å². The largest absolute Gasteiger partial charge is 0.493 e. The van der Waals surface area contributed by atoms with Crippen LogP contribution in [-0.4, -0.2) is 36.4 Å². The molecule has 0 aliphatic carbocycles. The van der Waals surface area contributed by atoms with E-state index in [1.54, 1.807) is 7.11 Å². The van der Waals surface area contributed by atoms with E-state index in [1.807, 2.05) is 31.2 Å². The minimum Gasteiger partial charge on any atom is -0.493 e. The van der Waals surface area contributed by atoms with Gasteiger partial charge in [-0.3, -0.25) is 0 Å². The van der Waals surface area contributed by atoms with Gasteiger partial charge in [0.15, 0.2) is 11.5 Å². The van der Waals surface area contributed by atoms with Crippen molar-refractivity contribution in [2.45, 2.75) is 46.3 Å². The lowest BCUT2D eigenvalue weighted by Gasteiger charge is -2.21. The smallest absolute Gasteiger partial charge is 0.162 e. The van der Waals surface area contributed by atoms with E-state index in [1.165, 1.54) is 11.1 Å². The maximum atomic E-state index is 6.18. The Labute approximate surface area is 182 Å². The van der Waals surface area contributed by atoms with Crippen molar-refractivity contribution in [2.75, 3.05) is 31.4 Å². The van der Waals surface area contributed by atoms with Crippen molar-refractivity contribution in [3.63, 3.8) is 0 Å². The number of ether oxygens (including phenoxy) is 3. The molecule has 2 atom stereocenters. The average molecular weight is 423 g/mol. The van der Waals surface area contributed by atoms with Gasteiger partial charge in [0, 0.05) is 23.6 Å². The van der Waals surface area contributed by atoms with Gasteiger partial charge < -0.3 is 25.3 Å². The highest BCUT2D eigenvalue weighted by molar-refractivity contribution is 5.92. The summed E-state index contributed by atoms with van der Waals surface area (Å²) in [5.41, 5.74) is 11.2. The predicted octanol–water partition coefficient (Wildman–Crippen LogP) is 4.49. The maximum Gasteiger partial charge on any atom is 0.162 e. The number of hydrogen-bond donors (Lipinski definition) is 2. The third kappa shape index (κ3) is 4.37. The van der Waals surface area contributed by atoms with Crippen LogP contribution in [0.1, 0.15) is 41.9 Å². The minimum absolute atomic E-state index is 0.00871. The molecule has 0 radical (unpaired) electrons. The average Bonchev–Trinajstić information content (AvgIpc) is 3.23. The molecule has 164 valence electrons. The van der Waals surface area contributed by atoms with Crippen LogP contribution in [0.25, 0.3) is 10.9 Å². The minimum atomic E-state index is 0.00871. The highest BCUT2D eigenvalue weighted by Gasteiger charge is 2.21. The van der Waals surface area contributed by atoms with Gasteiger partial charge in [0.1, 0.15) is 17.7 Å². The highest BCUT2D eigenvalue weighted by Crippen LogP contribution is 2.37. The van der Waals surface area contributed by atoms with E-state index in [4.69, 9.17) is 24.9 Å². The number of methoxy groups -OCH3 is 1. The molecule has 0 spiro atoms. The van der Waals surface area contributed by atoms with Crippen LogP contribution in [0.4, 0.5) is 11.5 Å². The maximum absolute atomic E-state index is 6.18. The lowest BCUT2D eigenvalue weighted by Crippen LogP contribution is -2.16. The van der Waals surface area contributed by atoms with Crippen LogP contribution in [-0.2, 0) is 4.74 Å². The first-order valence-electron chi connectivity index (χ1n) is 10.6. The number of nitrogens with one attached hydrogen (secondary N) is 1. The number of aryl methyl sites for hydroxylation is 2. The summed E-state index contributed by atoms with van der Waals surface area (Å²) in [4.78, 5) is 9.31. The Morgan fingerprint density at radius 3 is 2.65 bits per heavy atom. The van der Waals surface area contributed by atoms with Crippen molar-refractivity contribution in [3.05, 3.63) is 46.8 Å². The second-order valence-electron chi connectivity index (χ2n) is 8.16. The lowest BCUT2D eigenvalue weighted by molar-refractivity contribution is 0.139. The molecule has 4 rings (SSSR count). The number of benzene rings is 2. The van der Waals surface area contributed by atoms with Gasteiger partial charge in [0.05, 0.1) is 31.9 Å². The summed E-state index contributed by atoms with van der Waals surface area (Å²) >= 11 is 0. The van der Waals surface area contributed by atoms with Crippen LogP contribution in [0, 0.1) is 20.8 Å². The molecule has 3 N–H and O–H groups in total. The SMILES string of the molecule is COc1cc2nc(C)nc(N[C@H](C)c3cc(N)cc(C)c3C)c2cc1O[C@H]1CCOC1. The van der Waals surface area contributed by atoms with Crippen molar-refractivity contribution in [1.82, 2.24) is 9.97 Å². The van der Waals surface area contributed by atoms with Crippen molar-refractivity contribution in [2.24, 2.45) is 0 Å². The Hall–Kier alpha value is -3.06. The fraction of sp³-hybridized carbons (Fsp3) is 0.417. The molecule has 0 unspecified atom stereocenters. The number of nitrogen functional groups attached to an aromatic ring is 1. The van der Waals surface area contributed by atoms with E-state index in [2.05, 4.69) is 31.1 Å². The van der Waals surface area contributed by atoms with Crippen molar-refractivity contribution < 1.29 is 14.2 Å². The molecule has 1 aromatic heterocycles. The molecule has 2 aromatic carbocycles. The van der Waals surface area contributed by atoms with Crippen LogP contribution < -0.4 is 20.5 Å². The first-order chi connectivity index (χ1) is 14.9. The third-order valence-electron chi connectivity index (χ3n) is 5.82. The molecule has 1 aliphatic rings. The molecular weight excluding hydrogens is 392 g/mol. The van der Waals surface area contributed by atoms with E-state index in [0.29, 0.717) is 30.5 Å². The van der Waals surface area contributed by atoms with Gasteiger partial charge in [0.2, 0.25) is 0 Å². The number of nitrogens with zero attached hydrogens (tertiary/aromatic N) is 2. The van der Waals surface area contributed by atoms with Gasteiger partial charge in [-0.25, -0.2) is 9.97 Å². The molecule has 7 nitrogen and oxygen atoms in total. The Bertz CT molecular complexity index is 1110. The lowest BCUT2D eigenvalue weighted by atomic mass is 9.97. The summed E-state index contributed by atoms with van der Waals surface area (Å²) in [6.45, 7) is 9.49. The monoisotopic (exact) mass is 422 g/mol. The first-order valence-corrected chi connectivity index (χ1v) is 10.6. The number of fused-ring (bicyclic) bond motifs is 1. The summed E-state index contributed by atoms with van der Waals surface area (Å²) in [6.07, 6.45) is 0.882. The number of rotatable bonds is 6.